The Kier molecular flexibility index (Phi) is 10.6. The van der Waals surface area contributed by atoms with Crippen LogP contribution in [-0.4, -0.2) is 58.6 Å². The molecule has 0 saturated carbocycles. The number of fused-ring (bicyclic) bond motifs is 1. The van der Waals surface area contributed by atoms with Crippen LogP contribution in [0.25, 0.3) is 10.9 Å². The lowest BCUT2D eigenvalue weighted by atomic mass is 9.79. The Labute approximate surface area is 238 Å². The van der Waals surface area contributed by atoms with E-state index in [-0.39, 0.29) is 12.3 Å². The van der Waals surface area contributed by atoms with E-state index in [0.29, 0.717) is 28.8 Å². The van der Waals surface area contributed by atoms with E-state index in [1.54, 1.807) is 31.1 Å². The zero-order valence-electron chi connectivity index (χ0n) is 21.5. The smallest absolute Gasteiger partial charge is 0.303 e. The van der Waals surface area contributed by atoms with Crippen LogP contribution in [-0.2, 0) is 4.79 Å². The van der Waals surface area contributed by atoms with Gasteiger partial charge in [0.2, 0.25) is 0 Å². The molecule has 0 amide bonds. The average molecular weight is 578 g/mol. The number of halogens is 2. The number of ether oxygens (including phenoxy) is 1. The van der Waals surface area contributed by atoms with Gasteiger partial charge in [-0.1, -0.05) is 29.3 Å². The number of benzene rings is 2. The van der Waals surface area contributed by atoms with Crippen molar-refractivity contribution in [2.75, 3.05) is 32.5 Å². The van der Waals surface area contributed by atoms with Gasteiger partial charge >= 0.3 is 5.97 Å². The molecule has 3 aromatic rings. The summed E-state index contributed by atoms with van der Waals surface area (Å²) >= 11 is 14.2. The van der Waals surface area contributed by atoms with E-state index in [1.807, 2.05) is 36.4 Å². The minimum absolute atomic E-state index is 0.166. The molecule has 1 aliphatic heterocycles. The van der Waals surface area contributed by atoms with Gasteiger partial charge in [-0.15, -0.1) is 11.8 Å². The molecule has 2 aromatic carbocycles. The standard InChI is InChI=1S/C29H34Cl2N2O4S/c1-37-21-7-8-25-23(17-21)22(11-13-32-25)26(34)9-5-19-12-14-33(18-20(19)6-10-28(35)36)15-16-38-27-4-2-3-24(30)29(27)31/h2-4,7-8,11,13,17,19-20,26,34H,5-6,9-10,12,14-16,18H2,1H3,(H,35,36)/t19-,20-,26-/m1/s1. The fraction of sp³-hybridized carbons (Fsp3) is 0.448. The molecule has 1 aromatic heterocycles. The highest BCUT2D eigenvalue weighted by atomic mass is 35.5. The molecule has 2 heterocycles. The molecule has 1 saturated heterocycles. The number of carboxylic acids is 1. The monoisotopic (exact) mass is 576 g/mol. The summed E-state index contributed by atoms with van der Waals surface area (Å²) in [6.07, 6.45) is 4.38. The van der Waals surface area contributed by atoms with Crippen molar-refractivity contribution in [2.45, 2.75) is 43.1 Å². The lowest BCUT2D eigenvalue weighted by Crippen LogP contribution is -2.41. The minimum Gasteiger partial charge on any atom is -0.497 e. The predicted octanol–water partition coefficient (Wildman–Crippen LogP) is 6.96. The molecule has 0 spiro atoms. The average Bonchev–Trinajstić information content (AvgIpc) is 2.92. The topological polar surface area (TPSA) is 82.9 Å². The van der Waals surface area contributed by atoms with Crippen molar-refractivity contribution < 1.29 is 19.7 Å². The van der Waals surface area contributed by atoms with Gasteiger partial charge in [0, 0.05) is 41.7 Å². The molecular formula is C29H34Cl2N2O4S. The lowest BCUT2D eigenvalue weighted by Gasteiger charge is -2.39. The third-order valence-corrected chi connectivity index (χ3v) is 9.41. The molecule has 2 N–H and O–H groups in total. The molecule has 4 rings (SSSR count). The first-order chi connectivity index (χ1) is 18.4. The molecule has 3 atom stereocenters. The number of hydrogen-bond acceptors (Lipinski definition) is 6. The van der Waals surface area contributed by atoms with Gasteiger partial charge in [-0.2, -0.15) is 0 Å². The van der Waals surface area contributed by atoms with Crippen molar-refractivity contribution in [2.24, 2.45) is 11.8 Å². The Morgan fingerprint density at radius 3 is 2.84 bits per heavy atom. The first-order valence-electron chi connectivity index (χ1n) is 13.0. The molecule has 6 nitrogen and oxygen atoms in total. The quantitative estimate of drug-likeness (QED) is 0.225. The van der Waals surface area contributed by atoms with Gasteiger partial charge in [0.1, 0.15) is 5.75 Å². The third kappa shape index (κ3) is 7.54. The van der Waals surface area contributed by atoms with Crippen molar-refractivity contribution in [3.05, 3.63) is 64.3 Å². The molecule has 0 aliphatic carbocycles. The second-order valence-electron chi connectivity index (χ2n) is 9.82. The summed E-state index contributed by atoms with van der Waals surface area (Å²) in [7, 11) is 1.63. The molecule has 204 valence electrons. The van der Waals surface area contributed by atoms with Gasteiger partial charge in [-0.25, -0.2) is 0 Å². The number of hydrogen-bond donors (Lipinski definition) is 2. The van der Waals surface area contributed by atoms with Crippen molar-refractivity contribution in [3.63, 3.8) is 0 Å². The fourth-order valence-corrected chi connectivity index (χ4v) is 6.85. The second-order valence-corrected chi connectivity index (χ2v) is 11.7. The summed E-state index contributed by atoms with van der Waals surface area (Å²) in [4.78, 5) is 19.2. The van der Waals surface area contributed by atoms with Crippen molar-refractivity contribution in [1.29, 1.82) is 0 Å². The molecule has 1 aliphatic rings. The van der Waals surface area contributed by atoms with Gasteiger partial charge in [-0.05, 0) is 86.0 Å². The largest absolute Gasteiger partial charge is 0.497 e. The number of pyridine rings is 1. The van der Waals surface area contributed by atoms with E-state index >= 15 is 0 Å². The number of thioether (sulfide) groups is 1. The van der Waals surface area contributed by atoms with Crippen LogP contribution >= 0.6 is 35.0 Å². The normalized spacial score (nSPS) is 18.9. The number of aliphatic hydroxyl groups is 1. The van der Waals surface area contributed by atoms with E-state index in [2.05, 4.69) is 9.88 Å². The molecule has 1 fully saturated rings. The van der Waals surface area contributed by atoms with Crippen LogP contribution in [0.5, 0.6) is 5.75 Å². The summed E-state index contributed by atoms with van der Waals surface area (Å²) in [6, 6.07) is 13.2. The van der Waals surface area contributed by atoms with E-state index in [0.717, 1.165) is 65.3 Å². The highest BCUT2D eigenvalue weighted by Gasteiger charge is 2.30. The Morgan fingerprint density at radius 2 is 2.05 bits per heavy atom. The first-order valence-corrected chi connectivity index (χ1v) is 14.7. The van der Waals surface area contributed by atoms with Crippen LogP contribution < -0.4 is 4.74 Å². The van der Waals surface area contributed by atoms with Crippen LogP contribution in [0, 0.1) is 11.8 Å². The summed E-state index contributed by atoms with van der Waals surface area (Å²) in [6.45, 7) is 2.73. The lowest BCUT2D eigenvalue weighted by molar-refractivity contribution is -0.137. The maximum atomic E-state index is 11.3. The first kappa shape index (κ1) is 29.0. The SMILES string of the molecule is COc1ccc2nccc([C@H](O)CC[C@@H]3CCN(CCSc4cccc(Cl)c4Cl)C[C@H]3CCC(=O)O)c2c1. The molecule has 38 heavy (non-hydrogen) atoms. The van der Waals surface area contributed by atoms with E-state index in [9.17, 15) is 15.0 Å². The maximum absolute atomic E-state index is 11.3. The van der Waals surface area contributed by atoms with Crippen LogP contribution in [0.1, 0.15) is 43.8 Å². The molecular weight excluding hydrogens is 543 g/mol. The number of aliphatic carboxylic acids is 1. The van der Waals surface area contributed by atoms with Crippen LogP contribution in [0.2, 0.25) is 10.0 Å². The number of aliphatic hydroxyl groups excluding tert-OH is 1. The number of piperidine rings is 1. The Hall–Kier alpha value is -2.03. The number of methoxy groups -OCH3 is 1. The maximum Gasteiger partial charge on any atom is 0.303 e. The van der Waals surface area contributed by atoms with Crippen LogP contribution in [0.15, 0.2) is 53.6 Å². The number of carboxylic acid groups (broad SMARTS) is 1. The molecule has 0 radical (unpaired) electrons. The number of rotatable bonds is 12. The highest BCUT2D eigenvalue weighted by molar-refractivity contribution is 7.99. The van der Waals surface area contributed by atoms with Crippen molar-refractivity contribution in [1.82, 2.24) is 9.88 Å². The van der Waals surface area contributed by atoms with E-state index < -0.39 is 12.1 Å². The zero-order chi connectivity index (χ0) is 27.1. The van der Waals surface area contributed by atoms with Gasteiger partial charge in [-0.3, -0.25) is 9.78 Å². The van der Waals surface area contributed by atoms with Crippen molar-refractivity contribution in [3.8, 4) is 5.75 Å². The molecule has 9 heteroatoms. The third-order valence-electron chi connectivity index (χ3n) is 7.44. The Morgan fingerprint density at radius 1 is 1.21 bits per heavy atom. The summed E-state index contributed by atoms with van der Waals surface area (Å²) in [5, 5.41) is 22.5. The second kappa shape index (κ2) is 13.9. The van der Waals surface area contributed by atoms with Gasteiger partial charge in [0.05, 0.1) is 28.8 Å². The number of carbonyl (C=O) groups is 1. The van der Waals surface area contributed by atoms with E-state index in [1.165, 1.54) is 0 Å². The number of likely N-dealkylation sites (tertiary alicyclic amines) is 1. The summed E-state index contributed by atoms with van der Waals surface area (Å²) in [5.74, 6) is 1.51. The van der Waals surface area contributed by atoms with Crippen LogP contribution in [0.4, 0.5) is 0 Å². The Bertz CT molecular complexity index is 1240. The number of aromatic nitrogens is 1. The zero-order valence-corrected chi connectivity index (χ0v) is 23.8. The van der Waals surface area contributed by atoms with Crippen molar-refractivity contribution >= 4 is 51.8 Å². The van der Waals surface area contributed by atoms with Gasteiger partial charge in [0.25, 0.3) is 0 Å². The predicted molar refractivity (Wildman–Crippen MR) is 155 cm³/mol. The summed E-state index contributed by atoms with van der Waals surface area (Å²) in [5.41, 5.74) is 1.68. The molecule has 0 bridgehead atoms. The van der Waals surface area contributed by atoms with Crippen LogP contribution in [0.3, 0.4) is 0 Å². The Balaban J connectivity index is 1.36. The van der Waals surface area contributed by atoms with Gasteiger partial charge < -0.3 is 19.8 Å². The fourth-order valence-electron chi connectivity index (χ4n) is 5.35. The minimum atomic E-state index is -0.760. The summed E-state index contributed by atoms with van der Waals surface area (Å²) < 4.78 is 5.37. The highest BCUT2D eigenvalue weighted by Crippen LogP contribution is 2.36. The molecule has 0 unspecified atom stereocenters. The van der Waals surface area contributed by atoms with E-state index in [4.69, 9.17) is 27.9 Å². The van der Waals surface area contributed by atoms with Gasteiger partial charge in [0.15, 0.2) is 0 Å². The number of nitrogens with zero attached hydrogens (tertiary/aromatic N) is 2.